The number of rotatable bonds is 3. The molecule has 20 heavy (non-hydrogen) atoms. The summed E-state index contributed by atoms with van der Waals surface area (Å²) in [5.74, 6) is -2.68. The van der Waals surface area contributed by atoms with Crippen molar-refractivity contribution in [1.82, 2.24) is 5.32 Å². The van der Waals surface area contributed by atoms with Gasteiger partial charge in [-0.15, -0.1) is 0 Å². The maximum absolute atomic E-state index is 12.0. The van der Waals surface area contributed by atoms with Crippen molar-refractivity contribution < 1.29 is 19.5 Å². The smallest absolute Gasteiger partial charge is 0.260 e. The summed E-state index contributed by atoms with van der Waals surface area (Å²) in [5.41, 5.74) is 0.147. The highest BCUT2D eigenvalue weighted by Crippen LogP contribution is 2.33. The minimum Gasteiger partial charge on any atom is -0.506 e. The number of hydrogen-bond acceptors (Lipinski definition) is 4. The van der Waals surface area contributed by atoms with Crippen LogP contribution in [-0.4, -0.2) is 22.6 Å². The molecule has 0 aromatic heterocycles. The van der Waals surface area contributed by atoms with E-state index in [1.807, 2.05) is 6.92 Å². The highest BCUT2D eigenvalue weighted by molar-refractivity contribution is 6.56. The molecular formula is C15H15NO4. The average molecular weight is 273 g/mol. The van der Waals surface area contributed by atoms with Gasteiger partial charge in [-0.1, -0.05) is 31.6 Å². The Bertz CT molecular complexity index is 632. The Balaban J connectivity index is 2.59. The van der Waals surface area contributed by atoms with Crippen LogP contribution < -0.4 is 5.32 Å². The molecule has 0 saturated heterocycles. The molecule has 1 heterocycles. The van der Waals surface area contributed by atoms with Crippen molar-refractivity contribution >= 4 is 17.5 Å². The summed E-state index contributed by atoms with van der Waals surface area (Å²) in [5, 5.41) is 12.7. The van der Waals surface area contributed by atoms with Crippen LogP contribution >= 0.6 is 0 Å². The molecular weight excluding hydrogens is 258 g/mol. The first-order valence-electron chi connectivity index (χ1n) is 6.44. The van der Waals surface area contributed by atoms with Gasteiger partial charge < -0.3 is 10.4 Å². The molecule has 0 unspecified atom stereocenters. The fraction of sp³-hybridized carbons (Fsp3) is 0.267. The van der Waals surface area contributed by atoms with Crippen LogP contribution in [0.1, 0.15) is 26.7 Å². The van der Waals surface area contributed by atoms with Gasteiger partial charge in [0.05, 0.1) is 11.1 Å². The second-order valence-corrected chi connectivity index (χ2v) is 4.52. The fourth-order valence-electron chi connectivity index (χ4n) is 2.18. The van der Waals surface area contributed by atoms with Crippen LogP contribution in [0, 0.1) is 0 Å². The zero-order valence-corrected chi connectivity index (χ0v) is 11.3. The van der Waals surface area contributed by atoms with Gasteiger partial charge in [-0.3, -0.25) is 14.4 Å². The molecule has 1 aliphatic heterocycles. The Morgan fingerprint density at radius 2 is 1.85 bits per heavy atom. The van der Waals surface area contributed by atoms with Crippen LogP contribution in [0.5, 0.6) is 0 Å². The molecule has 0 aromatic rings. The number of carbonyl (C=O) groups is 3. The molecule has 0 radical (unpaired) electrons. The molecule has 104 valence electrons. The summed E-state index contributed by atoms with van der Waals surface area (Å²) >= 11 is 0. The number of aliphatic hydroxyl groups excluding tert-OH is 1. The number of amides is 1. The minimum absolute atomic E-state index is 0.0574. The van der Waals surface area contributed by atoms with Crippen molar-refractivity contribution in [2.75, 3.05) is 0 Å². The number of aliphatic hydroxyl groups is 1. The number of nitrogens with one attached hydrogen (secondary N) is 1. The van der Waals surface area contributed by atoms with Crippen molar-refractivity contribution in [2.45, 2.75) is 26.7 Å². The van der Waals surface area contributed by atoms with E-state index in [1.54, 1.807) is 19.1 Å². The molecule has 0 bridgehead atoms. The van der Waals surface area contributed by atoms with Crippen molar-refractivity contribution in [3.63, 3.8) is 0 Å². The van der Waals surface area contributed by atoms with E-state index >= 15 is 0 Å². The topological polar surface area (TPSA) is 83.5 Å². The van der Waals surface area contributed by atoms with Gasteiger partial charge in [-0.25, -0.2) is 0 Å². The van der Waals surface area contributed by atoms with E-state index in [0.29, 0.717) is 5.70 Å². The molecule has 0 saturated carbocycles. The summed E-state index contributed by atoms with van der Waals surface area (Å²) in [7, 11) is 0. The van der Waals surface area contributed by atoms with Crippen LogP contribution in [-0.2, 0) is 14.4 Å². The van der Waals surface area contributed by atoms with Gasteiger partial charge in [0, 0.05) is 5.70 Å². The standard InChI is InChI=1S/C15H15NO4/c1-3-5-6-7-8-12(17)10-9(4-2)16-15(20)11(10)14(19)13(8)18/h4,6-7,17H,3,5H2,1-2H3,(H,16,20)/b7-6+,9-4+. The van der Waals surface area contributed by atoms with E-state index in [4.69, 9.17) is 0 Å². The number of allylic oxidation sites excluding steroid dienone is 4. The van der Waals surface area contributed by atoms with Gasteiger partial charge in [0.2, 0.25) is 11.6 Å². The first-order chi connectivity index (χ1) is 9.52. The van der Waals surface area contributed by atoms with Crippen LogP contribution in [0.15, 0.2) is 46.4 Å². The first kappa shape index (κ1) is 14.0. The maximum Gasteiger partial charge on any atom is 0.260 e. The lowest BCUT2D eigenvalue weighted by molar-refractivity contribution is -0.133. The van der Waals surface area contributed by atoms with E-state index in [9.17, 15) is 19.5 Å². The normalized spacial score (nSPS) is 21.3. The summed E-state index contributed by atoms with van der Waals surface area (Å²) in [6.07, 6.45) is 6.37. The Labute approximate surface area is 116 Å². The summed E-state index contributed by atoms with van der Waals surface area (Å²) in [4.78, 5) is 35.7. The Kier molecular flexibility index (Phi) is 3.70. The van der Waals surface area contributed by atoms with E-state index in [2.05, 4.69) is 5.32 Å². The van der Waals surface area contributed by atoms with Crippen molar-refractivity contribution in [3.05, 3.63) is 46.4 Å². The van der Waals surface area contributed by atoms with Gasteiger partial charge in [0.25, 0.3) is 5.91 Å². The molecule has 2 aliphatic rings. The highest BCUT2D eigenvalue weighted by Gasteiger charge is 2.42. The van der Waals surface area contributed by atoms with Crippen LogP contribution in [0.4, 0.5) is 0 Å². The lowest BCUT2D eigenvalue weighted by atomic mass is 9.88. The number of unbranched alkanes of at least 4 members (excludes halogenated alkanes) is 1. The molecule has 0 fully saturated rings. The Morgan fingerprint density at radius 3 is 2.45 bits per heavy atom. The lowest BCUT2D eigenvalue weighted by Crippen LogP contribution is -2.28. The van der Waals surface area contributed by atoms with Crippen LogP contribution in [0.2, 0.25) is 0 Å². The molecule has 0 aromatic carbocycles. The van der Waals surface area contributed by atoms with Gasteiger partial charge in [0.1, 0.15) is 11.3 Å². The van der Waals surface area contributed by atoms with Crippen molar-refractivity contribution in [1.29, 1.82) is 0 Å². The van der Waals surface area contributed by atoms with E-state index in [-0.39, 0.29) is 22.5 Å². The molecule has 2 rings (SSSR count). The third kappa shape index (κ3) is 2.01. The largest absolute Gasteiger partial charge is 0.506 e. The SMILES string of the molecule is C/C=C1/NC(=O)C2=C1C(O)=C(/C=C/CCC)C(=O)C2=O. The zero-order valence-electron chi connectivity index (χ0n) is 11.3. The maximum atomic E-state index is 12.0. The van der Waals surface area contributed by atoms with Gasteiger partial charge in [0.15, 0.2) is 0 Å². The van der Waals surface area contributed by atoms with E-state index in [0.717, 1.165) is 12.8 Å². The average Bonchev–Trinajstić information content (AvgIpc) is 2.77. The Morgan fingerprint density at radius 1 is 1.15 bits per heavy atom. The molecule has 0 spiro atoms. The predicted octanol–water partition coefficient (Wildman–Crippen LogP) is 1.64. The zero-order chi connectivity index (χ0) is 14.9. The highest BCUT2D eigenvalue weighted by atomic mass is 16.3. The fourth-order valence-corrected chi connectivity index (χ4v) is 2.18. The molecule has 1 aliphatic carbocycles. The monoisotopic (exact) mass is 273 g/mol. The quantitative estimate of drug-likeness (QED) is 0.465. The van der Waals surface area contributed by atoms with Crippen LogP contribution in [0.25, 0.3) is 0 Å². The predicted molar refractivity (Wildman–Crippen MR) is 72.6 cm³/mol. The molecule has 5 nitrogen and oxygen atoms in total. The summed E-state index contributed by atoms with van der Waals surface area (Å²) < 4.78 is 0. The molecule has 2 N–H and O–H groups in total. The minimum atomic E-state index is -0.872. The number of ketones is 2. The summed E-state index contributed by atoms with van der Waals surface area (Å²) in [6.45, 7) is 3.65. The number of hydrogen-bond donors (Lipinski definition) is 2. The second-order valence-electron chi connectivity index (χ2n) is 4.52. The summed E-state index contributed by atoms with van der Waals surface area (Å²) in [6, 6.07) is 0. The van der Waals surface area contributed by atoms with Gasteiger partial charge in [-0.2, -0.15) is 0 Å². The van der Waals surface area contributed by atoms with Crippen molar-refractivity contribution in [2.24, 2.45) is 0 Å². The molecule has 0 atom stereocenters. The molecule has 5 heteroatoms. The van der Waals surface area contributed by atoms with Crippen LogP contribution in [0.3, 0.4) is 0 Å². The lowest BCUT2D eigenvalue weighted by Gasteiger charge is -2.13. The first-order valence-corrected chi connectivity index (χ1v) is 6.44. The molecule has 1 amide bonds. The third-order valence-electron chi connectivity index (χ3n) is 3.19. The van der Waals surface area contributed by atoms with E-state index in [1.165, 1.54) is 6.08 Å². The Hall–Kier alpha value is -2.43. The van der Waals surface area contributed by atoms with Gasteiger partial charge in [-0.05, 0) is 13.3 Å². The van der Waals surface area contributed by atoms with Crippen molar-refractivity contribution in [3.8, 4) is 0 Å². The van der Waals surface area contributed by atoms with E-state index < -0.39 is 17.5 Å². The second kappa shape index (κ2) is 5.28. The number of carbonyl (C=O) groups excluding carboxylic acids is 3. The third-order valence-corrected chi connectivity index (χ3v) is 3.19. The number of Topliss-reactive ketones (excluding diaryl/α,β-unsaturated/α-hetero) is 2. The van der Waals surface area contributed by atoms with Gasteiger partial charge >= 0.3 is 0 Å².